The second-order valence-corrected chi connectivity index (χ2v) is 5.31. The van der Waals surface area contributed by atoms with E-state index in [0.29, 0.717) is 18.6 Å². The molecular weight excluding hydrogens is 252 g/mol. The van der Waals surface area contributed by atoms with Gasteiger partial charge in [-0.25, -0.2) is 0 Å². The molecule has 3 N–H and O–H groups in total. The highest BCUT2D eigenvalue weighted by Crippen LogP contribution is 2.16. The zero-order chi connectivity index (χ0) is 14.5. The largest absolute Gasteiger partial charge is 0.379 e. The fourth-order valence-electron chi connectivity index (χ4n) is 2.17. The molecule has 0 saturated heterocycles. The quantitative estimate of drug-likeness (QED) is 0.602. The van der Waals surface area contributed by atoms with Gasteiger partial charge in [0, 0.05) is 23.9 Å². The van der Waals surface area contributed by atoms with Gasteiger partial charge in [-0.1, -0.05) is 12.1 Å². The predicted octanol–water partition coefficient (Wildman–Crippen LogP) is 2.88. The molecule has 0 aliphatic rings. The molecule has 20 heavy (non-hydrogen) atoms. The lowest BCUT2D eigenvalue weighted by Gasteiger charge is -2.12. The summed E-state index contributed by atoms with van der Waals surface area (Å²) in [5, 5.41) is 1.10. The molecule has 0 bridgehead atoms. The lowest BCUT2D eigenvalue weighted by atomic mass is 10.0. The van der Waals surface area contributed by atoms with E-state index in [2.05, 4.69) is 4.98 Å². The van der Waals surface area contributed by atoms with E-state index in [0.717, 1.165) is 17.3 Å². The van der Waals surface area contributed by atoms with E-state index in [1.54, 1.807) is 0 Å². The molecule has 0 amide bonds. The van der Waals surface area contributed by atoms with Crippen LogP contribution in [0.1, 0.15) is 37.0 Å². The van der Waals surface area contributed by atoms with Crippen molar-refractivity contribution in [2.24, 2.45) is 5.73 Å². The van der Waals surface area contributed by atoms with Crippen molar-refractivity contribution in [3.8, 4) is 0 Å². The number of nitrogens with two attached hydrogens (primary N) is 1. The van der Waals surface area contributed by atoms with Gasteiger partial charge in [-0.2, -0.15) is 0 Å². The van der Waals surface area contributed by atoms with E-state index in [1.165, 1.54) is 0 Å². The summed E-state index contributed by atoms with van der Waals surface area (Å²) in [5.41, 5.74) is 7.60. The second kappa shape index (κ2) is 6.68. The third-order valence-electron chi connectivity index (χ3n) is 3.29. The highest BCUT2D eigenvalue weighted by Gasteiger charge is 2.16. The molecule has 1 heterocycles. The maximum absolute atomic E-state index is 12.3. The van der Waals surface area contributed by atoms with Gasteiger partial charge < -0.3 is 15.5 Å². The standard InChI is InChI=1S/C16H22N2O2/c1-11(2)20-9-3-4-14(17)16(19)13-6-5-12-7-8-18-15(12)10-13/h5-8,10-11,14,18H,3-4,9,17H2,1-2H3. The Morgan fingerprint density at radius 3 is 2.90 bits per heavy atom. The topological polar surface area (TPSA) is 68.1 Å². The highest BCUT2D eigenvalue weighted by atomic mass is 16.5. The number of nitrogens with one attached hydrogen (secondary N) is 1. The maximum atomic E-state index is 12.3. The van der Waals surface area contributed by atoms with Crippen LogP contribution in [-0.2, 0) is 4.74 Å². The number of carbonyl (C=O) groups is 1. The number of aromatic amines is 1. The molecule has 108 valence electrons. The van der Waals surface area contributed by atoms with Crippen LogP contribution in [0.4, 0.5) is 0 Å². The van der Waals surface area contributed by atoms with Crippen molar-refractivity contribution >= 4 is 16.7 Å². The van der Waals surface area contributed by atoms with Crippen molar-refractivity contribution in [1.29, 1.82) is 0 Å². The molecular formula is C16H22N2O2. The highest BCUT2D eigenvalue weighted by molar-refractivity contribution is 6.02. The molecule has 1 atom stereocenters. The Kier molecular flexibility index (Phi) is 4.93. The monoisotopic (exact) mass is 274 g/mol. The number of rotatable bonds is 7. The van der Waals surface area contributed by atoms with Crippen molar-refractivity contribution in [2.45, 2.75) is 38.8 Å². The average Bonchev–Trinajstić information content (AvgIpc) is 2.89. The van der Waals surface area contributed by atoms with Gasteiger partial charge in [0.05, 0.1) is 12.1 Å². The van der Waals surface area contributed by atoms with Crippen LogP contribution in [0.25, 0.3) is 10.9 Å². The van der Waals surface area contributed by atoms with Crippen molar-refractivity contribution in [2.75, 3.05) is 6.61 Å². The first kappa shape index (κ1) is 14.8. The van der Waals surface area contributed by atoms with Crippen molar-refractivity contribution in [1.82, 2.24) is 4.98 Å². The van der Waals surface area contributed by atoms with E-state index in [9.17, 15) is 4.79 Å². The van der Waals surface area contributed by atoms with Gasteiger partial charge in [0.1, 0.15) is 0 Å². The normalized spacial score (nSPS) is 13.0. The number of Topliss-reactive ketones (excluding diaryl/α,β-unsaturated/α-hetero) is 1. The van der Waals surface area contributed by atoms with Crippen LogP contribution in [0.3, 0.4) is 0 Å². The molecule has 0 radical (unpaired) electrons. The van der Waals surface area contributed by atoms with Gasteiger partial charge in [-0.15, -0.1) is 0 Å². The summed E-state index contributed by atoms with van der Waals surface area (Å²) in [5.74, 6) is -0.00829. The number of carbonyl (C=O) groups excluding carboxylic acids is 1. The molecule has 1 unspecified atom stereocenters. The van der Waals surface area contributed by atoms with Crippen LogP contribution in [0.5, 0.6) is 0 Å². The van der Waals surface area contributed by atoms with Crippen LogP contribution in [0.15, 0.2) is 30.5 Å². The van der Waals surface area contributed by atoms with Crippen LogP contribution in [-0.4, -0.2) is 29.5 Å². The van der Waals surface area contributed by atoms with Gasteiger partial charge in [0.2, 0.25) is 0 Å². The zero-order valence-corrected chi connectivity index (χ0v) is 12.1. The predicted molar refractivity (Wildman–Crippen MR) is 80.9 cm³/mol. The summed E-state index contributed by atoms with van der Waals surface area (Å²) in [7, 11) is 0. The minimum Gasteiger partial charge on any atom is -0.379 e. The summed E-state index contributed by atoms with van der Waals surface area (Å²) in [6, 6.07) is 7.16. The van der Waals surface area contributed by atoms with Crippen molar-refractivity contribution in [3.63, 3.8) is 0 Å². The minimum atomic E-state index is -0.460. The number of aromatic nitrogens is 1. The zero-order valence-electron chi connectivity index (χ0n) is 12.1. The lowest BCUT2D eigenvalue weighted by molar-refractivity contribution is 0.0737. The maximum Gasteiger partial charge on any atom is 0.179 e. The van der Waals surface area contributed by atoms with Gasteiger partial charge in [-0.05, 0) is 44.2 Å². The molecule has 0 aliphatic heterocycles. The fraction of sp³-hybridized carbons (Fsp3) is 0.438. The molecule has 2 aromatic rings. The number of H-pyrrole nitrogens is 1. The summed E-state index contributed by atoms with van der Waals surface area (Å²) in [4.78, 5) is 15.4. The van der Waals surface area contributed by atoms with Gasteiger partial charge >= 0.3 is 0 Å². The number of fused-ring (bicyclic) bond motifs is 1. The molecule has 1 aromatic heterocycles. The summed E-state index contributed by atoms with van der Waals surface area (Å²) >= 11 is 0. The van der Waals surface area contributed by atoms with E-state index in [4.69, 9.17) is 10.5 Å². The first-order valence-corrected chi connectivity index (χ1v) is 7.06. The Hall–Kier alpha value is -1.65. The number of ether oxygens (including phenoxy) is 1. The summed E-state index contributed by atoms with van der Waals surface area (Å²) < 4.78 is 5.45. The first-order chi connectivity index (χ1) is 9.58. The van der Waals surface area contributed by atoms with Crippen molar-refractivity contribution in [3.05, 3.63) is 36.0 Å². The SMILES string of the molecule is CC(C)OCCCC(N)C(=O)c1ccc2cc[nH]c2c1. The lowest BCUT2D eigenvalue weighted by Crippen LogP contribution is -2.30. The van der Waals surface area contributed by atoms with Crippen LogP contribution in [0.2, 0.25) is 0 Å². The van der Waals surface area contributed by atoms with Crippen molar-refractivity contribution < 1.29 is 9.53 Å². The third kappa shape index (κ3) is 3.68. The van der Waals surface area contributed by atoms with Crippen LogP contribution >= 0.6 is 0 Å². The van der Waals surface area contributed by atoms with Crippen LogP contribution < -0.4 is 5.73 Å². The number of hydrogen-bond donors (Lipinski definition) is 2. The Balaban J connectivity index is 1.92. The number of hydrogen-bond acceptors (Lipinski definition) is 3. The molecule has 4 heteroatoms. The Labute approximate surface area is 119 Å². The molecule has 4 nitrogen and oxygen atoms in total. The second-order valence-electron chi connectivity index (χ2n) is 5.31. The van der Waals surface area contributed by atoms with Gasteiger partial charge in [0.25, 0.3) is 0 Å². The molecule has 1 aromatic carbocycles. The number of benzene rings is 1. The number of ketones is 1. The van der Waals surface area contributed by atoms with E-state index in [1.807, 2.05) is 44.3 Å². The van der Waals surface area contributed by atoms with Crippen LogP contribution in [0, 0.1) is 0 Å². The molecule has 0 saturated carbocycles. The molecule has 0 aliphatic carbocycles. The molecule has 0 fully saturated rings. The Bertz CT molecular complexity index is 575. The smallest absolute Gasteiger partial charge is 0.179 e. The van der Waals surface area contributed by atoms with Gasteiger partial charge in [0.15, 0.2) is 5.78 Å². The van der Waals surface area contributed by atoms with E-state index < -0.39 is 6.04 Å². The first-order valence-electron chi connectivity index (χ1n) is 7.06. The Morgan fingerprint density at radius 1 is 1.35 bits per heavy atom. The minimum absolute atomic E-state index is 0.00829. The molecule has 2 rings (SSSR count). The van der Waals surface area contributed by atoms with Gasteiger partial charge in [-0.3, -0.25) is 4.79 Å². The Morgan fingerprint density at radius 2 is 2.15 bits per heavy atom. The fourth-order valence-corrected chi connectivity index (χ4v) is 2.17. The molecule has 0 spiro atoms. The van der Waals surface area contributed by atoms with E-state index >= 15 is 0 Å². The summed E-state index contributed by atoms with van der Waals surface area (Å²) in [6.45, 7) is 4.64. The summed E-state index contributed by atoms with van der Waals surface area (Å²) in [6.07, 6.45) is 3.53. The third-order valence-corrected chi connectivity index (χ3v) is 3.29. The van der Waals surface area contributed by atoms with E-state index in [-0.39, 0.29) is 11.9 Å². The average molecular weight is 274 g/mol.